The molecule has 0 radical (unpaired) electrons. The van der Waals surface area contributed by atoms with Gasteiger partial charge in [-0.2, -0.15) is 0 Å². The molecule has 0 unspecified atom stereocenters. The maximum Gasteiger partial charge on any atom is 0.240 e. The Hall–Kier alpha value is -2.29. The fraction of sp³-hybridized carbons (Fsp3) is 0.316. The fourth-order valence-electron chi connectivity index (χ4n) is 2.45. The Labute approximate surface area is 170 Å². The smallest absolute Gasteiger partial charge is 0.240 e. The number of methoxy groups -OCH3 is 2. The molecule has 7 nitrogen and oxygen atoms in total. The second-order valence-electron chi connectivity index (χ2n) is 5.89. The van der Waals surface area contributed by atoms with Gasteiger partial charge in [0.15, 0.2) is 11.5 Å². The summed E-state index contributed by atoms with van der Waals surface area (Å²) in [5, 5.41) is 3.42. The molecule has 0 fully saturated rings. The quantitative estimate of drug-likeness (QED) is 0.608. The number of carbonyl (C=O) groups excluding carboxylic acids is 1. The van der Waals surface area contributed by atoms with E-state index in [0.29, 0.717) is 29.5 Å². The Morgan fingerprint density at radius 1 is 1.00 bits per heavy atom. The van der Waals surface area contributed by atoms with Crippen LogP contribution in [0.3, 0.4) is 0 Å². The van der Waals surface area contributed by atoms with Crippen molar-refractivity contribution < 1.29 is 22.7 Å². The maximum atomic E-state index is 12.4. The van der Waals surface area contributed by atoms with Crippen LogP contribution < -0.4 is 19.5 Å². The molecule has 2 N–H and O–H groups in total. The lowest BCUT2D eigenvalue weighted by Gasteiger charge is -2.11. The summed E-state index contributed by atoms with van der Waals surface area (Å²) in [5.74, 6) is 0.510. The van der Waals surface area contributed by atoms with Crippen molar-refractivity contribution in [2.45, 2.75) is 17.7 Å². The van der Waals surface area contributed by atoms with Crippen LogP contribution in [0, 0.1) is 0 Å². The standard InChI is InChI=1S/C19H23ClN2O5S/c1-26-17-8-7-16(13-18(17)27-2)28(24,25)22-12-10-19(23)21-11-9-14-3-5-15(20)6-4-14/h3-8,13,22H,9-12H2,1-2H3,(H,21,23). The Balaban J connectivity index is 1.79. The van der Waals surface area contributed by atoms with Crippen molar-refractivity contribution in [2.24, 2.45) is 0 Å². The molecule has 0 saturated carbocycles. The van der Waals surface area contributed by atoms with Crippen molar-refractivity contribution in [1.82, 2.24) is 10.0 Å². The maximum absolute atomic E-state index is 12.4. The highest BCUT2D eigenvalue weighted by Gasteiger charge is 2.17. The molecule has 0 aromatic heterocycles. The number of nitrogens with one attached hydrogen (secondary N) is 2. The van der Waals surface area contributed by atoms with Gasteiger partial charge >= 0.3 is 0 Å². The summed E-state index contributed by atoms with van der Waals surface area (Å²) >= 11 is 5.83. The minimum atomic E-state index is -3.76. The lowest BCUT2D eigenvalue weighted by Crippen LogP contribution is -2.31. The first kappa shape index (κ1) is 22.0. The SMILES string of the molecule is COc1ccc(S(=O)(=O)NCCC(=O)NCCc2ccc(Cl)cc2)cc1OC. The average molecular weight is 427 g/mol. The summed E-state index contributed by atoms with van der Waals surface area (Å²) in [6, 6.07) is 11.7. The largest absolute Gasteiger partial charge is 0.493 e. The van der Waals surface area contributed by atoms with Gasteiger partial charge in [-0.1, -0.05) is 23.7 Å². The lowest BCUT2D eigenvalue weighted by atomic mass is 10.1. The Bertz CT molecular complexity index is 901. The van der Waals surface area contributed by atoms with Gasteiger partial charge in [-0.05, 0) is 36.2 Å². The summed E-state index contributed by atoms with van der Waals surface area (Å²) in [5.41, 5.74) is 1.05. The van der Waals surface area contributed by atoms with E-state index in [1.165, 1.54) is 32.4 Å². The van der Waals surface area contributed by atoms with E-state index in [9.17, 15) is 13.2 Å². The molecular formula is C19H23ClN2O5S. The molecule has 0 bridgehead atoms. The third-order valence-corrected chi connectivity index (χ3v) is 5.67. The highest BCUT2D eigenvalue weighted by molar-refractivity contribution is 7.89. The van der Waals surface area contributed by atoms with E-state index in [-0.39, 0.29) is 23.8 Å². The highest BCUT2D eigenvalue weighted by Crippen LogP contribution is 2.29. The van der Waals surface area contributed by atoms with Crippen LogP contribution in [0.25, 0.3) is 0 Å². The van der Waals surface area contributed by atoms with Crippen LogP contribution in [-0.4, -0.2) is 41.6 Å². The van der Waals surface area contributed by atoms with E-state index in [1.807, 2.05) is 12.1 Å². The second kappa shape index (κ2) is 10.3. The van der Waals surface area contributed by atoms with Crippen LogP contribution >= 0.6 is 11.6 Å². The summed E-state index contributed by atoms with van der Waals surface area (Å²) in [4.78, 5) is 11.9. The number of amides is 1. The zero-order chi connectivity index (χ0) is 20.6. The third kappa shape index (κ3) is 6.40. The van der Waals surface area contributed by atoms with Crippen molar-refractivity contribution in [3.63, 3.8) is 0 Å². The molecule has 2 aromatic rings. The van der Waals surface area contributed by atoms with E-state index in [0.717, 1.165) is 5.56 Å². The van der Waals surface area contributed by atoms with Crippen molar-refractivity contribution in [2.75, 3.05) is 27.3 Å². The summed E-state index contributed by atoms with van der Waals surface area (Å²) < 4.78 is 37.3. The number of ether oxygens (including phenoxy) is 2. The predicted molar refractivity (Wildman–Crippen MR) is 108 cm³/mol. The Kier molecular flexibility index (Phi) is 8.10. The Morgan fingerprint density at radius 3 is 2.32 bits per heavy atom. The monoisotopic (exact) mass is 426 g/mol. The molecule has 0 aliphatic carbocycles. The number of rotatable bonds is 10. The molecule has 9 heteroatoms. The van der Waals surface area contributed by atoms with Crippen molar-refractivity contribution in [3.8, 4) is 11.5 Å². The summed E-state index contributed by atoms with van der Waals surface area (Å²) in [7, 11) is -0.864. The number of carbonyl (C=O) groups is 1. The van der Waals surface area contributed by atoms with Crippen LogP contribution in [-0.2, 0) is 21.2 Å². The van der Waals surface area contributed by atoms with Gasteiger partial charge in [0, 0.05) is 30.6 Å². The predicted octanol–water partition coefficient (Wildman–Crippen LogP) is 2.38. The summed E-state index contributed by atoms with van der Waals surface area (Å²) in [6.45, 7) is 0.451. The van der Waals surface area contributed by atoms with Crippen molar-refractivity contribution in [3.05, 3.63) is 53.1 Å². The minimum absolute atomic E-state index is 0.0105. The van der Waals surface area contributed by atoms with Gasteiger partial charge in [0.05, 0.1) is 19.1 Å². The van der Waals surface area contributed by atoms with Gasteiger partial charge in [0.25, 0.3) is 0 Å². The normalized spacial score (nSPS) is 11.1. The van der Waals surface area contributed by atoms with E-state index in [1.54, 1.807) is 12.1 Å². The topological polar surface area (TPSA) is 93.7 Å². The highest BCUT2D eigenvalue weighted by atomic mass is 35.5. The molecule has 2 aromatic carbocycles. The van der Waals surface area contributed by atoms with E-state index in [4.69, 9.17) is 21.1 Å². The number of sulfonamides is 1. The van der Waals surface area contributed by atoms with Gasteiger partial charge in [-0.15, -0.1) is 0 Å². The Morgan fingerprint density at radius 2 is 1.68 bits per heavy atom. The molecular weight excluding hydrogens is 404 g/mol. The lowest BCUT2D eigenvalue weighted by molar-refractivity contribution is -0.120. The molecule has 1 amide bonds. The van der Waals surface area contributed by atoms with Gasteiger partial charge < -0.3 is 14.8 Å². The minimum Gasteiger partial charge on any atom is -0.493 e. The molecule has 0 spiro atoms. The molecule has 152 valence electrons. The zero-order valence-corrected chi connectivity index (χ0v) is 17.3. The molecule has 0 aliphatic rings. The first-order valence-corrected chi connectivity index (χ1v) is 10.4. The number of halogens is 1. The molecule has 2 rings (SSSR count). The van der Waals surface area contributed by atoms with Crippen LogP contribution in [0.4, 0.5) is 0 Å². The average Bonchev–Trinajstić information content (AvgIpc) is 2.68. The van der Waals surface area contributed by atoms with Gasteiger partial charge in [-0.25, -0.2) is 13.1 Å². The molecule has 28 heavy (non-hydrogen) atoms. The van der Waals surface area contributed by atoms with Gasteiger partial charge in [0.2, 0.25) is 15.9 Å². The fourth-order valence-corrected chi connectivity index (χ4v) is 3.62. The van der Waals surface area contributed by atoms with Crippen molar-refractivity contribution >= 4 is 27.5 Å². The first-order valence-electron chi connectivity index (χ1n) is 8.58. The van der Waals surface area contributed by atoms with Crippen LogP contribution in [0.1, 0.15) is 12.0 Å². The number of hydrogen-bond acceptors (Lipinski definition) is 5. The molecule has 0 atom stereocenters. The van der Waals surface area contributed by atoms with E-state index in [2.05, 4.69) is 10.0 Å². The number of benzene rings is 2. The third-order valence-electron chi connectivity index (χ3n) is 3.96. The van der Waals surface area contributed by atoms with Gasteiger partial charge in [-0.3, -0.25) is 4.79 Å². The van der Waals surface area contributed by atoms with Crippen LogP contribution in [0.2, 0.25) is 5.02 Å². The summed E-state index contributed by atoms with van der Waals surface area (Å²) in [6.07, 6.45) is 0.702. The van der Waals surface area contributed by atoms with E-state index >= 15 is 0 Å². The first-order chi connectivity index (χ1) is 13.4. The van der Waals surface area contributed by atoms with Crippen molar-refractivity contribution in [1.29, 1.82) is 0 Å². The van der Waals surface area contributed by atoms with Crippen LogP contribution in [0.5, 0.6) is 11.5 Å². The zero-order valence-electron chi connectivity index (χ0n) is 15.7. The second-order valence-corrected chi connectivity index (χ2v) is 8.09. The van der Waals surface area contributed by atoms with Gasteiger partial charge in [0.1, 0.15) is 0 Å². The van der Waals surface area contributed by atoms with Crippen LogP contribution in [0.15, 0.2) is 47.4 Å². The number of hydrogen-bond donors (Lipinski definition) is 2. The van der Waals surface area contributed by atoms with E-state index < -0.39 is 10.0 Å². The molecule has 0 heterocycles. The molecule has 0 saturated heterocycles. The molecule has 0 aliphatic heterocycles.